The van der Waals surface area contributed by atoms with Crippen LogP contribution in [0.5, 0.6) is 0 Å². The normalized spacial score (nSPS) is 21.7. The van der Waals surface area contributed by atoms with Crippen LogP contribution >= 0.6 is 11.6 Å². The van der Waals surface area contributed by atoms with E-state index >= 15 is 0 Å². The van der Waals surface area contributed by atoms with Gasteiger partial charge in [-0.1, -0.05) is 11.6 Å². The molecule has 0 aromatic carbocycles. The van der Waals surface area contributed by atoms with Crippen LogP contribution in [0.15, 0.2) is 12.5 Å². The van der Waals surface area contributed by atoms with Gasteiger partial charge in [0.2, 0.25) is 5.92 Å². The molecular weight excluding hydrogens is 274 g/mol. The average Bonchev–Trinajstić information content (AvgIpc) is 2.80. The molecule has 1 aliphatic carbocycles. The summed E-state index contributed by atoms with van der Waals surface area (Å²) in [4.78, 5) is 11.0. The highest BCUT2D eigenvalue weighted by Gasteiger charge is 2.43. The summed E-state index contributed by atoms with van der Waals surface area (Å²) in [6, 6.07) is 0. The van der Waals surface area contributed by atoms with Crippen LogP contribution in [0.3, 0.4) is 0 Å². The molecule has 0 unspecified atom stereocenters. The number of aromatic amines is 1. The Morgan fingerprint density at radius 3 is 2.58 bits per heavy atom. The van der Waals surface area contributed by atoms with E-state index in [0.717, 1.165) is 5.56 Å². The molecule has 0 atom stereocenters. The van der Waals surface area contributed by atoms with Gasteiger partial charge >= 0.3 is 0 Å². The van der Waals surface area contributed by atoms with Gasteiger partial charge in [0.1, 0.15) is 17.1 Å². The van der Waals surface area contributed by atoms with Crippen molar-refractivity contribution in [2.24, 2.45) is 5.73 Å². The fourth-order valence-corrected chi connectivity index (χ4v) is 2.88. The maximum Gasteiger partial charge on any atom is 0.248 e. The maximum absolute atomic E-state index is 13.3. The molecule has 102 valence electrons. The Morgan fingerprint density at radius 2 is 1.89 bits per heavy atom. The van der Waals surface area contributed by atoms with Crippen molar-refractivity contribution in [3.8, 4) is 0 Å². The molecule has 0 saturated heterocycles. The Hall–Kier alpha value is -1.27. The minimum atomic E-state index is -2.62. The quantitative estimate of drug-likeness (QED) is 0.792. The first-order valence-corrected chi connectivity index (χ1v) is 6.44. The Labute approximate surface area is 113 Å². The van der Waals surface area contributed by atoms with Crippen LogP contribution in [-0.4, -0.2) is 20.9 Å². The van der Waals surface area contributed by atoms with Crippen molar-refractivity contribution in [1.82, 2.24) is 15.0 Å². The third-order valence-corrected chi connectivity index (χ3v) is 4.12. The number of hydrogen-bond donors (Lipinski definition) is 2. The van der Waals surface area contributed by atoms with E-state index in [1.54, 1.807) is 6.20 Å². The SMILES string of the molecule is NC1(c2c[nH]c3ncnc(Cl)c23)CCC(F)(F)CC1. The second-order valence-corrected chi connectivity index (χ2v) is 5.46. The standard InChI is InChI=1S/C12H13ClF2N4/c13-9-8-7(5-17-10(8)19-6-18-9)11(16)1-3-12(14,15)4-2-11/h5-6H,1-4,16H2,(H,17,18,19). The third kappa shape index (κ3) is 2.08. The molecule has 0 bridgehead atoms. The Bertz CT molecular complexity index is 615. The summed E-state index contributed by atoms with van der Waals surface area (Å²) in [7, 11) is 0. The van der Waals surface area contributed by atoms with E-state index in [1.165, 1.54) is 6.33 Å². The number of nitrogens with one attached hydrogen (secondary N) is 1. The lowest BCUT2D eigenvalue weighted by Gasteiger charge is -2.37. The van der Waals surface area contributed by atoms with Gasteiger partial charge in [-0.05, 0) is 12.8 Å². The van der Waals surface area contributed by atoms with Gasteiger partial charge in [-0.15, -0.1) is 0 Å². The zero-order valence-electron chi connectivity index (χ0n) is 10.1. The summed E-state index contributed by atoms with van der Waals surface area (Å²) in [5, 5.41) is 0.931. The maximum atomic E-state index is 13.3. The van der Waals surface area contributed by atoms with Gasteiger partial charge in [0.05, 0.1) is 5.39 Å². The molecule has 7 heteroatoms. The fourth-order valence-electron chi connectivity index (χ4n) is 2.65. The number of rotatable bonds is 1. The molecule has 0 aliphatic heterocycles. The number of nitrogens with zero attached hydrogens (tertiary/aromatic N) is 2. The Morgan fingerprint density at radius 1 is 1.21 bits per heavy atom. The summed E-state index contributed by atoms with van der Waals surface area (Å²) in [5.41, 5.74) is 6.82. The fraction of sp³-hybridized carbons (Fsp3) is 0.500. The van der Waals surface area contributed by atoms with Crippen molar-refractivity contribution in [2.45, 2.75) is 37.1 Å². The van der Waals surface area contributed by atoms with E-state index in [1.807, 2.05) is 0 Å². The molecule has 19 heavy (non-hydrogen) atoms. The molecule has 1 aliphatic rings. The second-order valence-electron chi connectivity index (χ2n) is 5.10. The van der Waals surface area contributed by atoms with E-state index in [2.05, 4.69) is 15.0 Å². The van der Waals surface area contributed by atoms with Crippen LogP contribution in [0.25, 0.3) is 11.0 Å². The van der Waals surface area contributed by atoms with Crippen LogP contribution in [0.2, 0.25) is 5.15 Å². The topological polar surface area (TPSA) is 67.6 Å². The molecule has 0 amide bonds. The van der Waals surface area contributed by atoms with Crippen molar-refractivity contribution in [3.63, 3.8) is 0 Å². The largest absolute Gasteiger partial charge is 0.346 e. The molecule has 4 nitrogen and oxygen atoms in total. The number of hydrogen-bond acceptors (Lipinski definition) is 3. The number of H-pyrrole nitrogens is 1. The van der Waals surface area contributed by atoms with E-state index in [4.69, 9.17) is 17.3 Å². The molecule has 3 N–H and O–H groups in total. The van der Waals surface area contributed by atoms with Crippen LogP contribution in [-0.2, 0) is 5.54 Å². The zero-order valence-corrected chi connectivity index (χ0v) is 10.8. The lowest BCUT2D eigenvalue weighted by atomic mass is 9.76. The minimum absolute atomic E-state index is 0.207. The van der Waals surface area contributed by atoms with Crippen LogP contribution in [0, 0.1) is 0 Å². The first kappa shape index (κ1) is 12.7. The molecule has 0 radical (unpaired) electrons. The highest BCUT2D eigenvalue weighted by Crippen LogP contribution is 2.44. The number of halogens is 3. The van der Waals surface area contributed by atoms with Gasteiger partial charge in [0.15, 0.2) is 0 Å². The average molecular weight is 287 g/mol. The molecule has 3 rings (SSSR count). The number of nitrogens with two attached hydrogens (primary N) is 1. The van der Waals surface area contributed by atoms with E-state index in [0.29, 0.717) is 16.2 Å². The van der Waals surface area contributed by atoms with Crippen LogP contribution in [0.4, 0.5) is 8.78 Å². The van der Waals surface area contributed by atoms with Crippen molar-refractivity contribution in [1.29, 1.82) is 0 Å². The van der Waals surface area contributed by atoms with Crippen molar-refractivity contribution < 1.29 is 8.78 Å². The summed E-state index contributed by atoms with van der Waals surface area (Å²) < 4.78 is 26.5. The second kappa shape index (κ2) is 4.11. The van der Waals surface area contributed by atoms with Gasteiger partial charge in [0, 0.05) is 30.1 Å². The Balaban J connectivity index is 2.05. The van der Waals surface area contributed by atoms with E-state index in [9.17, 15) is 8.78 Å². The van der Waals surface area contributed by atoms with Crippen molar-refractivity contribution in [3.05, 3.63) is 23.2 Å². The molecular formula is C12H13ClF2N4. The first-order chi connectivity index (χ1) is 8.91. The van der Waals surface area contributed by atoms with E-state index in [-0.39, 0.29) is 25.7 Å². The predicted octanol–water partition coefficient (Wildman–Crippen LogP) is 2.97. The molecule has 2 aromatic heterocycles. The van der Waals surface area contributed by atoms with E-state index < -0.39 is 11.5 Å². The summed E-state index contributed by atoms with van der Waals surface area (Å²) in [5.74, 6) is -2.62. The predicted molar refractivity (Wildman–Crippen MR) is 68.2 cm³/mol. The smallest absolute Gasteiger partial charge is 0.248 e. The van der Waals surface area contributed by atoms with Crippen LogP contribution < -0.4 is 5.73 Å². The molecule has 2 heterocycles. The lowest BCUT2D eigenvalue weighted by molar-refractivity contribution is -0.0512. The minimum Gasteiger partial charge on any atom is -0.346 e. The van der Waals surface area contributed by atoms with Gasteiger partial charge in [-0.3, -0.25) is 0 Å². The highest BCUT2D eigenvalue weighted by atomic mass is 35.5. The van der Waals surface area contributed by atoms with Gasteiger partial charge in [-0.2, -0.15) is 0 Å². The Kier molecular flexibility index (Phi) is 2.76. The van der Waals surface area contributed by atoms with Gasteiger partial charge < -0.3 is 10.7 Å². The molecule has 2 aromatic rings. The van der Waals surface area contributed by atoms with Crippen molar-refractivity contribution >= 4 is 22.6 Å². The summed E-state index contributed by atoms with van der Waals surface area (Å²) >= 11 is 6.07. The zero-order chi connectivity index (χ0) is 13.7. The molecule has 1 fully saturated rings. The molecule has 0 spiro atoms. The summed E-state index contributed by atoms with van der Waals surface area (Å²) in [6.07, 6.45) is 3.08. The van der Waals surface area contributed by atoms with Gasteiger partial charge in [-0.25, -0.2) is 18.7 Å². The molecule has 1 saturated carbocycles. The summed E-state index contributed by atoms with van der Waals surface area (Å²) in [6.45, 7) is 0. The van der Waals surface area contributed by atoms with Gasteiger partial charge in [0.25, 0.3) is 0 Å². The van der Waals surface area contributed by atoms with Crippen molar-refractivity contribution in [2.75, 3.05) is 0 Å². The first-order valence-electron chi connectivity index (χ1n) is 6.06. The monoisotopic (exact) mass is 286 g/mol. The number of alkyl halides is 2. The number of aromatic nitrogens is 3. The highest BCUT2D eigenvalue weighted by molar-refractivity contribution is 6.34. The third-order valence-electron chi connectivity index (χ3n) is 3.83. The lowest BCUT2D eigenvalue weighted by Crippen LogP contribution is -2.43. The number of fused-ring (bicyclic) bond motifs is 1. The van der Waals surface area contributed by atoms with Crippen LogP contribution in [0.1, 0.15) is 31.2 Å².